The molecule has 0 bridgehead atoms. The maximum Gasteiger partial charge on any atom is 0.338 e. The highest BCUT2D eigenvalue weighted by Gasteiger charge is 2.33. The van der Waals surface area contributed by atoms with Crippen molar-refractivity contribution in [2.45, 2.75) is 26.3 Å². The highest BCUT2D eigenvalue weighted by molar-refractivity contribution is 6.33. The summed E-state index contributed by atoms with van der Waals surface area (Å²) in [6, 6.07) is 6.18. The summed E-state index contributed by atoms with van der Waals surface area (Å²) < 4.78 is 5.14. The number of esters is 1. The van der Waals surface area contributed by atoms with Gasteiger partial charge in [0.2, 0.25) is 0 Å². The molecule has 0 aromatic heterocycles. The van der Waals surface area contributed by atoms with E-state index in [2.05, 4.69) is 16.0 Å². The first-order valence-corrected chi connectivity index (χ1v) is 9.56. The summed E-state index contributed by atoms with van der Waals surface area (Å²) in [6.45, 7) is 4.26. The van der Waals surface area contributed by atoms with Crippen molar-refractivity contribution in [3.8, 4) is 0 Å². The molecular formula is C19H26ClN4O4+. The Morgan fingerprint density at radius 1 is 1.29 bits per heavy atom. The van der Waals surface area contributed by atoms with Crippen LogP contribution in [0.3, 0.4) is 0 Å². The van der Waals surface area contributed by atoms with Gasteiger partial charge in [0, 0.05) is 0 Å². The van der Waals surface area contributed by atoms with Crippen molar-refractivity contribution in [1.82, 2.24) is 10.6 Å². The summed E-state index contributed by atoms with van der Waals surface area (Å²) >= 11 is 6.06. The molecule has 2 rings (SSSR count). The number of carbonyl (C=O) groups excluding carboxylic acids is 3. The van der Waals surface area contributed by atoms with Crippen LogP contribution in [0.15, 0.2) is 35.5 Å². The Morgan fingerprint density at radius 3 is 2.64 bits per heavy atom. The van der Waals surface area contributed by atoms with Crippen molar-refractivity contribution in [3.63, 3.8) is 0 Å². The first-order valence-electron chi connectivity index (χ1n) is 9.19. The van der Waals surface area contributed by atoms with Crippen LogP contribution in [0.25, 0.3) is 0 Å². The average molecular weight is 410 g/mol. The lowest BCUT2D eigenvalue weighted by Gasteiger charge is -2.29. The van der Waals surface area contributed by atoms with Crippen LogP contribution in [0.5, 0.6) is 0 Å². The van der Waals surface area contributed by atoms with Crippen LogP contribution >= 0.6 is 11.6 Å². The lowest BCUT2D eigenvalue weighted by molar-refractivity contribution is -0.866. The Hall–Kier alpha value is -2.58. The van der Waals surface area contributed by atoms with Crippen molar-refractivity contribution < 1.29 is 24.0 Å². The van der Waals surface area contributed by atoms with E-state index in [0.29, 0.717) is 28.4 Å². The molecule has 1 aromatic carbocycles. The summed E-state index contributed by atoms with van der Waals surface area (Å²) in [5.41, 5.74) is 1.40. The number of hydrogen-bond acceptors (Lipinski definition) is 4. The highest BCUT2D eigenvalue weighted by atomic mass is 35.5. The summed E-state index contributed by atoms with van der Waals surface area (Å²) in [5, 5.41) is 8.63. The molecule has 8 nitrogen and oxygen atoms in total. The topological polar surface area (TPSA) is 101 Å². The second-order valence-electron chi connectivity index (χ2n) is 6.51. The van der Waals surface area contributed by atoms with Crippen molar-refractivity contribution in [2.24, 2.45) is 0 Å². The normalized spacial score (nSPS) is 17.4. The number of hydrogen-bond donors (Lipinski definition) is 4. The minimum Gasteiger partial charge on any atom is -0.463 e. The minimum atomic E-state index is -0.467. The SMILES string of the molecule is CCOC(=O)C1=C(C[NH+](C)CC(=O)Nc2ccccc2Cl)NC(=O)N[C@@H]1CC. The predicted octanol–water partition coefficient (Wildman–Crippen LogP) is 0.702. The number of ether oxygens (including phenoxy) is 1. The minimum absolute atomic E-state index is 0.130. The molecule has 152 valence electrons. The molecule has 1 heterocycles. The summed E-state index contributed by atoms with van der Waals surface area (Å²) in [6.07, 6.45) is 0.553. The zero-order valence-corrected chi connectivity index (χ0v) is 17.0. The van der Waals surface area contributed by atoms with Crippen LogP contribution in [0, 0.1) is 0 Å². The van der Waals surface area contributed by atoms with E-state index < -0.39 is 12.0 Å². The number of urea groups is 1. The van der Waals surface area contributed by atoms with E-state index in [1.54, 1.807) is 38.2 Å². The Bertz CT molecular complexity index is 781. The molecule has 0 radical (unpaired) electrons. The Labute approximate surface area is 169 Å². The summed E-state index contributed by atoms with van der Waals surface area (Å²) in [5.74, 6) is -0.693. The summed E-state index contributed by atoms with van der Waals surface area (Å²) in [7, 11) is 1.80. The van der Waals surface area contributed by atoms with Crippen LogP contribution in [-0.4, -0.2) is 50.7 Å². The molecule has 0 fully saturated rings. The van der Waals surface area contributed by atoms with Gasteiger partial charge < -0.3 is 25.6 Å². The number of quaternary nitrogens is 1. The molecule has 4 N–H and O–H groups in total. The predicted molar refractivity (Wildman–Crippen MR) is 106 cm³/mol. The monoisotopic (exact) mass is 409 g/mol. The van der Waals surface area contributed by atoms with E-state index in [9.17, 15) is 14.4 Å². The third-order valence-electron chi connectivity index (χ3n) is 4.24. The molecule has 9 heteroatoms. The molecule has 2 atom stereocenters. The van der Waals surface area contributed by atoms with Gasteiger partial charge in [-0.05, 0) is 25.5 Å². The fraction of sp³-hybridized carbons (Fsp3) is 0.421. The number of likely N-dealkylation sites (N-methyl/N-ethyl adjacent to an activating group) is 1. The van der Waals surface area contributed by atoms with E-state index in [0.717, 1.165) is 4.90 Å². The standard InChI is InChI=1S/C19H25ClN4O4/c1-4-13-17(18(26)28-5-2)15(23-19(27)22-13)10-24(3)11-16(25)21-14-9-7-6-8-12(14)20/h6-9,13H,4-5,10-11H2,1-3H3,(H,21,25)(H2,22,23,27)/p+1/t13-/m1/s1. The molecule has 0 aliphatic carbocycles. The average Bonchev–Trinajstić information content (AvgIpc) is 2.63. The number of anilines is 1. The lowest BCUT2D eigenvalue weighted by Crippen LogP contribution is -3.10. The first kappa shape index (κ1) is 21.7. The van der Waals surface area contributed by atoms with Crippen molar-refractivity contribution in [3.05, 3.63) is 40.6 Å². The molecule has 3 amide bonds. The number of rotatable bonds is 8. The quantitative estimate of drug-likeness (QED) is 0.475. The summed E-state index contributed by atoms with van der Waals surface area (Å²) in [4.78, 5) is 37.4. The van der Waals surface area contributed by atoms with Gasteiger partial charge in [-0.1, -0.05) is 30.7 Å². The molecule has 1 aliphatic rings. The fourth-order valence-electron chi connectivity index (χ4n) is 3.00. The molecule has 28 heavy (non-hydrogen) atoms. The number of carbonyl (C=O) groups is 3. The highest BCUT2D eigenvalue weighted by Crippen LogP contribution is 2.20. The van der Waals surface area contributed by atoms with Gasteiger partial charge in [0.1, 0.15) is 6.54 Å². The van der Waals surface area contributed by atoms with Gasteiger partial charge in [-0.25, -0.2) is 9.59 Å². The van der Waals surface area contributed by atoms with Gasteiger partial charge in [0.25, 0.3) is 5.91 Å². The van der Waals surface area contributed by atoms with Gasteiger partial charge in [-0.2, -0.15) is 0 Å². The van der Waals surface area contributed by atoms with Gasteiger partial charge in [-0.3, -0.25) is 4.79 Å². The molecule has 0 saturated heterocycles. The second-order valence-corrected chi connectivity index (χ2v) is 6.92. The van der Waals surface area contributed by atoms with Crippen LogP contribution in [0.2, 0.25) is 5.02 Å². The molecule has 1 unspecified atom stereocenters. The van der Waals surface area contributed by atoms with E-state index >= 15 is 0 Å². The van der Waals surface area contributed by atoms with Crippen molar-refractivity contribution in [2.75, 3.05) is 32.1 Å². The number of benzene rings is 1. The molecular weight excluding hydrogens is 384 g/mol. The van der Waals surface area contributed by atoms with E-state index in [4.69, 9.17) is 16.3 Å². The van der Waals surface area contributed by atoms with Gasteiger partial charge in [-0.15, -0.1) is 0 Å². The number of para-hydroxylation sites is 1. The van der Waals surface area contributed by atoms with Crippen LogP contribution in [-0.2, 0) is 14.3 Å². The van der Waals surface area contributed by atoms with E-state index in [-0.39, 0.29) is 31.6 Å². The van der Waals surface area contributed by atoms with Crippen LogP contribution in [0.4, 0.5) is 10.5 Å². The van der Waals surface area contributed by atoms with Crippen LogP contribution < -0.4 is 20.9 Å². The number of halogens is 1. The molecule has 1 aromatic rings. The van der Waals surface area contributed by atoms with Gasteiger partial charge in [0.15, 0.2) is 6.54 Å². The maximum absolute atomic E-state index is 12.4. The zero-order chi connectivity index (χ0) is 20.7. The van der Waals surface area contributed by atoms with E-state index in [1.165, 1.54) is 0 Å². The zero-order valence-electron chi connectivity index (χ0n) is 16.2. The number of nitrogens with one attached hydrogen (secondary N) is 4. The van der Waals surface area contributed by atoms with Crippen molar-refractivity contribution >= 4 is 35.2 Å². The van der Waals surface area contributed by atoms with Crippen LogP contribution in [0.1, 0.15) is 20.3 Å². The third-order valence-corrected chi connectivity index (χ3v) is 4.57. The third kappa shape index (κ3) is 5.71. The van der Waals surface area contributed by atoms with Gasteiger partial charge in [0.05, 0.1) is 41.7 Å². The number of amides is 3. The van der Waals surface area contributed by atoms with Gasteiger partial charge >= 0.3 is 12.0 Å². The second kappa shape index (κ2) is 10.1. The largest absolute Gasteiger partial charge is 0.463 e. The maximum atomic E-state index is 12.4. The Morgan fingerprint density at radius 2 is 2.00 bits per heavy atom. The Kier molecular flexibility index (Phi) is 7.83. The van der Waals surface area contributed by atoms with E-state index in [1.807, 2.05) is 6.92 Å². The van der Waals surface area contributed by atoms with Crippen molar-refractivity contribution in [1.29, 1.82) is 0 Å². The molecule has 0 spiro atoms. The first-order chi connectivity index (χ1) is 13.3. The molecule has 0 saturated carbocycles. The lowest BCUT2D eigenvalue weighted by atomic mass is 10.00. The fourth-order valence-corrected chi connectivity index (χ4v) is 3.18. The Balaban J connectivity index is 2.10. The smallest absolute Gasteiger partial charge is 0.338 e. The molecule has 1 aliphatic heterocycles.